The Balaban J connectivity index is 1.73. The maximum Gasteiger partial charge on any atom is 0.308 e. The smallest absolute Gasteiger partial charge is 0.308 e. The number of hydrogen-bond donors (Lipinski definition) is 1. The highest BCUT2D eigenvalue weighted by Gasteiger charge is 2.18. The van der Waals surface area contributed by atoms with Crippen LogP contribution in [0.5, 0.6) is 11.5 Å². The molecule has 6 nitrogen and oxygen atoms in total. The molecule has 8 heteroatoms. The first-order valence-corrected chi connectivity index (χ1v) is 9.68. The van der Waals surface area contributed by atoms with E-state index in [1.807, 2.05) is 6.07 Å². The van der Waals surface area contributed by atoms with Crippen LogP contribution in [0.3, 0.4) is 0 Å². The number of nitrogens with one attached hydrogen (secondary N) is 1. The molecule has 0 saturated heterocycles. The van der Waals surface area contributed by atoms with Crippen molar-refractivity contribution in [2.75, 3.05) is 14.2 Å². The lowest BCUT2D eigenvalue weighted by Crippen LogP contribution is -2.23. The minimum absolute atomic E-state index is 0.233. The third-order valence-electron chi connectivity index (χ3n) is 4.50. The molecule has 3 aromatic rings. The Labute approximate surface area is 171 Å². The second-order valence-electron chi connectivity index (χ2n) is 6.37. The molecule has 3 rings (SSSR count). The molecule has 0 radical (unpaired) electrons. The van der Waals surface area contributed by atoms with Gasteiger partial charge in [0.1, 0.15) is 10.7 Å². The molecular weight excluding hydrogens is 395 g/mol. The van der Waals surface area contributed by atoms with E-state index in [4.69, 9.17) is 9.47 Å². The average molecular weight is 416 g/mol. The molecule has 0 saturated carbocycles. The number of carbonyl (C=O) groups excluding carboxylic acids is 1. The molecule has 0 unspecified atom stereocenters. The molecule has 1 aromatic heterocycles. The number of amides is 1. The number of nitrogens with zero attached hydrogens (tertiary/aromatic N) is 1. The molecule has 0 bridgehead atoms. The molecule has 29 heavy (non-hydrogen) atoms. The lowest BCUT2D eigenvalue weighted by molar-refractivity contribution is 0.0954. The van der Waals surface area contributed by atoms with Gasteiger partial charge in [0.25, 0.3) is 5.91 Å². The van der Waals surface area contributed by atoms with Gasteiger partial charge in [-0.1, -0.05) is 29.5 Å². The summed E-state index contributed by atoms with van der Waals surface area (Å²) in [6.07, 6.45) is 0. The number of halogens is 1. The molecule has 0 aliphatic carbocycles. The summed E-state index contributed by atoms with van der Waals surface area (Å²) in [6, 6.07) is 11.3. The van der Waals surface area contributed by atoms with E-state index in [0.29, 0.717) is 22.1 Å². The zero-order valence-corrected chi connectivity index (χ0v) is 17.1. The van der Waals surface area contributed by atoms with Gasteiger partial charge in [0.05, 0.1) is 20.8 Å². The second kappa shape index (κ2) is 8.91. The standard InChI is InChI=1S/C21H21FN2O4S/c1-13-19(29-21(26)24(13)12-14-4-7-16(22)8-5-14)20(25)23-11-15-6-9-17(27-2)18(10-15)28-3/h4-10H,11-12H2,1-3H3,(H,23,25). The molecule has 2 aromatic carbocycles. The molecule has 0 aliphatic heterocycles. The van der Waals surface area contributed by atoms with Crippen LogP contribution < -0.4 is 19.7 Å². The van der Waals surface area contributed by atoms with Crippen LogP contribution in [0.15, 0.2) is 47.3 Å². The normalized spacial score (nSPS) is 10.6. The van der Waals surface area contributed by atoms with Crippen molar-refractivity contribution in [1.82, 2.24) is 9.88 Å². The van der Waals surface area contributed by atoms with Crippen molar-refractivity contribution in [3.8, 4) is 11.5 Å². The molecule has 0 fully saturated rings. The fourth-order valence-corrected chi connectivity index (χ4v) is 3.80. The SMILES string of the molecule is COc1ccc(CNC(=O)c2sc(=O)n(Cc3ccc(F)cc3)c2C)cc1OC. The molecule has 1 heterocycles. The Morgan fingerprint density at radius 3 is 2.38 bits per heavy atom. The van der Waals surface area contributed by atoms with Crippen LogP contribution in [0.4, 0.5) is 4.39 Å². The Bertz CT molecular complexity index is 1070. The minimum Gasteiger partial charge on any atom is -0.493 e. The van der Waals surface area contributed by atoms with E-state index >= 15 is 0 Å². The molecule has 152 valence electrons. The first-order chi connectivity index (χ1) is 13.9. The third-order valence-corrected chi connectivity index (χ3v) is 5.58. The third kappa shape index (κ3) is 4.65. The lowest BCUT2D eigenvalue weighted by atomic mass is 10.2. The van der Waals surface area contributed by atoms with Crippen molar-refractivity contribution in [3.63, 3.8) is 0 Å². The van der Waals surface area contributed by atoms with Crippen molar-refractivity contribution in [2.24, 2.45) is 0 Å². The predicted octanol–water partition coefficient (Wildman–Crippen LogP) is 3.35. The zero-order chi connectivity index (χ0) is 21.0. The monoisotopic (exact) mass is 416 g/mol. The van der Waals surface area contributed by atoms with Gasteiger partial charge >= 0.3 is 4.87 Å². The summed E-state index contributed by atoms with van der Waals surface area (Å²) in [5.41, 5.74) is 2.20. The highest BCUT2D eigenvalue weighted by atomic mass is 32.1. The van der Waals surface area contributed by atoms with Crippen molar-refractivity contribution in [3.05, 3.63) is 79.6 Å². The number of benzene rings is 2. The van der Waals surface area contributed by atoms with Gasteiger partial charge in [-0.3, -0.25) is 14.2 Å². The largest absolute Gasteiger partial charge is 0.493 e. The van der Waals surface area contributed by atoms with E-state index in [9.17, 15) is 14.0 Å². The van der Waals surface area contributed by atoms with Crippen molar-refractivity contribution in [1.29, 1.82) is 0 Å². The number of aromatic nitrogens is 1. The van der Waals surface area contributed by atoms with Crippen LogP contribution in [-0.2, 0) is 13.1 Å². The summed E-state index contributed by atoms with van der Waals surface area (Å²) in [5.74, 6) is 0.524. The number of rotatable bonds is 7. The summed E-state index contributed by atoms with van der Waals surface area (Å²) < 4.78 is 25.1. The van der Waals surface area contributed by atoms with E-state index in [0.717, 1.165) is 22.5 Å². The Kier molecular flexibility index (Phi) is 6.33. The minimum atomic E-state index is -0.335. The summed E-state index contributed by atoms with van der Waals surface area (Å²) in [6.45, 7) is 2.29. The van der Waals surface area contributed by atoms with Gasteiger partial charge in [-0.15, -0.1) is 0 Å². The van der Waals surface area contributed by atoms with Gasteiger partial charge in [-0.05, 0) is 42.3 Å². The van der Waals surface area contributed by atoms with E-state index in [1.54, 1.807) is 45.4 Å². The van der Waals surface area contributed by atoms with Gasteiger partial charge in [0.15, 0.2) is 11.5 Å². The van der Waals surface area contributed by atoms with E-state index < -0.39 is 0 Å². The fourth-order valence-electron chi connectivity index (χ4n) is 2.90. The van der Waals surface area contributed by atoms with Crippen LogP contribution in [-0.4, -0.2) is 24.7 Å². The molecule has 1 amide bonds. The molecule has 0 spiro atoms. The predicted molar refractivity (Wildman–Crippen MR) is 110 cm³/mol. The van der Waals surface area contributed by atoms with E-state index in [2.05, 4.69) is 5.32 Å². The topological polar surface area (TPSA) is 69.6 Å². The van der Waals surface area contributed by atoms with Crippen molar-refractivity contribution < 1.29 is 18.7 Å². The number of carbonyl (C=O) groups is 1. The molecular formula is C21H21FN2O4S. The highest BCUT2D eigenvalue weighted by molar-refractivity contribution is 7.11. The van der Waals surface area contributed by atoms with Crippen LogP contribution in [0, 0.1) is 12.7 Å². The van der Waals surface area contributed by atoms with Gasteiger partial charge in [0.2, 0.25) is 0 Å². The first kappa shape index (κ1) is 20.6. The summed E-state index contributed by atoms with van der Waals surface area (Å²) in [4.78, 5) is 25.1. The van der Waals surface area contributed by atoms with Gasteiger partial charge < -0.3 is 14.8 Å². The number of thiazole rings is 1. The van der Waals surface area contributed by atoms with Crippen molar-refractivity contribution >= 4 is 17.2 Å². The Hall–Kier alpha value is -3.13. The Morgan fingerprint density at radius 2 is 1.72 bits per heavy atom. The number of hydrogen-bond acceptors (Lipinski definition) is 5. The lowest BCUT2D eigenvalue weighted by Gasteiger charge is -2.10. The van der Waals surface area contributed by atoms with Crippen LogP contribution in [0.2, 0.25) is 0 Å². The zero-order valence-electron chi connectivity index (χ0n) is 16.3. The first-order valence-electron chi connectivity index (χ1n) is 8.86. The average Bonchev–Trinajstić information content (AvgIpc) is 3.01. The van der Waals surface area contributed by atoms with Crippen LogP contribution in [0.1, 0.15) is 26.5 Å². The number of ether oxygens (including phenoxy) is 2. The summed E-state index contributed by atoms with van der Waals surface area (Å²) in [5, 5.41) is 2.83. The molecule has 1 N–H and O–H groups in total. The van der Waals surface area contributed by atoms with Gasteiger partial charge in [-0.2, -0.15) is 0 Å². The molecule has 0 atom stereocenters. The quantitative estimate of drug-likeness (QED) is 0.641. The van der Waals surface area contributed by atoms with E-state index in [1.165, 1.54) is 16.7 Å². The highest BCUT2D eigenvalue weighted by Crippen LogP contribution is 2.27. The van der Waals surface area contributed by atoms with Crippen LogP contribution >= 0.6 is 11.3 Å². The second-order valence-corrected chi connectivity index (χ2v) is 7.33. The maximum atomic E-state index is 13.1. The van der Waals surface area contributed by atoms with Crippen LogP contribution in [0.25, 0.3) is 0 Å². The van der Waals surface area contributed by atoms with Gasteiger partial charge in [0, 0.05) is 12.2 Å². The van der Waals surface area contributed by atoms with Gasteiger partial charge in [-0.25, -0.2) is 4.39 Å². The number of methoxy groups -OCH3 is 2. The fraction of sp³-hybridized carbons (Fsp3) is 0.238. The van der Waals surface area contributed by atoms with Crippen molar-refractivity contribution in [2.45, 2.75) is 20.0 Å². The summed E-state index contributed by atoms with van der Waals surface area (Å²) in [7, 11) is 3.10. The maximum absolute atomic E-state index is 13.1. The summed E-state index contributed by atoms with van der Waals surface area (Å²) >= 11 is 0.897. The molecule has 0 aliphatic rings. The van der Waals surface area contributed by atoms with E-state index in [-0.39, 0.29) is 29.7 Å². The Morgan fingerprint density at radius 1 is 1.07 bits per heavy atom.